The second-order valence-electron chi connectivity index (χ2n) is 2.09. The summed E-state index contributed by atoms with van der Waals surface area (Å²) in [4.78, 5) is 17.3. The van der Waals surface area contributed by atoms with Gasteiger partial charge >= 0.3 is 0 Å². The molecule has 3 N–H and O–H groups in total. The first kappa shape index (κ1) is 8.26. The standard InChI is InChI=1S/C8H9N3O/c9-8(12)7-3-1-2-4-10-5-6-11-7/h1-6,11H,(H2,9,12). The Hall–Kier alpha value is -1.84. The molecule has 0 aliphatic rings. The van der Waals surface area contributed by atoms with E-state index in [1.54, 1.807) is 30.6 Å². The number of rotatable bonds is 1. The highest BCUT2D eigenvalue weighted by atomic mass is 16.1. The molecule has 1 aromatic rings. The zero-order chi connectivity index (χ0) is 8.81. The molecule has 0 radical (unpaired) electrons. The van der Waals surface area contributed by atoms with Crippen molar-refractivity contribution in [3.05, 3.63) is 42.5 Å². The maximum absolute atomic E-state index is 10.7. The fourth-order valence-corrected chi connectivity index (χ4v) is 0.672. The lowest BCUT2D eigenvalue weighted by Crippen LogP contribution is -2.11. The third kappa shape index (κ3) is 2.42. The van der Waals surface area contributed by atoms with E-state index in [0.29, 0.717) is 5.69 Å². The van der Waals surface area contributed by atoms with Crippen molar-refractivity contribution in [3.8, 4) is 0 Å². The number of primary amides is 1. The minimum absolute atomic E-state index is 0.341. The molecule has 62 valence electrons. The number of amides is 1. The molecule has 0 spiro atoms. The van der Waals surface area contributed by atoms with Crippen LogP contribution in [-0.2, 0) is 0 Å². The lowest BCUT2D eigenvalue weighted by Gasteiger charge is -1.87. The van der Waals surface area contributed by atoms with E-state index in [2.05, 4.69) is 9.97 Å². The van der Waals surface area contributed by atoms with Crippen LogP contribution in [0.5, 0.6) is 0 Å². The zero-order valence-electron chi connectivity index (χ0n) is 6.40. The molecule has 4 heteroatoms. The summed E-state index contributed by atoms with van der Waals surface area (Å²) in [6.45, 7) is 0. The summed E-state index contributed by atoms with van der Waals surface area (Å²) in [5.41, 5.74) is 5.40. The van der Waals surface area contributed by atoms with Gasteiger partial charge in [-0.1, -0.05) is 6.07 Å². The molecular weight excluding hydrogens is 154 g/mol. The highest BCUT2D eigenvalue weighted by Crippen LogP contribution is 1.86. The first-order valence-electron chi connectivity index (χ1n) is 3.42. The lowest BCUT2D eigenvalue weighted by molar-refractivity contribution is 0.0995. The molecule has 1 rings (SSSR count). The molecule has 0 aliphatic heterocycles. The molecule has 0 aromatic carbocycles. The zero-order valence-corrected chi connectivity index (χ0v) is 6.40. The minimum atomic E-state index is -0.494. The highest BCUT2D eigenvalue weighted by Gasteiger charge is 1.93. The van der Waals surface area contributed by atoms with Gasteiger partial charge in [0.15, 0.2) is 0 Å². The predicted molar refractivity (Wildman–Crippen MR) is 44.7 cm³/mol. The fraction of sp³-hybridized carbons (Fsp3) is 0. The topological polar surface area (TPSA) is 71.8 Å². The predicted octanol–water partition coefficient (Wildman–Crippen LogP) is 0.633. The van der Waals surface area contributed by atoms with Crippen LogP contribution in [0.1, 0.15) is 10.5 Å². The van der Waals surface area contributed by atoms with Gasteiger partial charge in [-0.15, -0.1) is 0 Å². The first-order chi connectivity index (χ1) is 5.80. The summed E-state index contributed by atoms with van der Waals surface area (Å²) >= 11 is 0. The number of hydrogen-bond donors (Lipinski definition) is 2. The van der Waals surface area contributed by atoms with Crippen LogP contribution in [0.3, 0.4) is 0 Å². The smallest absolute Gasteiger partial charge is 0.265 e. The third-order valence-corrected chi connectivity index (χ3v) is 1.21. The molecule has 0 saturated carbocycles. The van der Waals surface area contributed by atoms with Crippen molar-refractivity contribution in [1.82, 2.24) is 9.97 Å². The third-order valence-electron chi connectivity index (χ3n) is 1.21. The van der Waals surface area contributed by atoms with Gasteiger partial charge in [-0.25, -0.2) is 0 Å². The van der Waals surface area contributed by atoms with Crippen LogP contribution >= 0.6 is 0 Å². The number of aromatic amines is 1. The van der Waals surface area contributed by atoms with Gasteiger partial charge in [0.25, 0.3) is 5.91 Å². The number of nitrogens with two attached hydrogens (primary N) is 1. The number of carbonyl (C=O) groups excluding carboxylic acids is 1. The van der Waals surface area contributed by atoms with Crippen LogP contribution in [0, 0.1) is 0 Å². The molecule has 1 heterocycles. The second-order valence-corrected chi connectivity index (χ2v) is 2.09. The van der Waals surface area contributed by atoms with E-state index in [1.807, 2.05) is 0 Å². The Morgan fingerprint density at radius 3 is 3.00 bits per heavy atom. The Labute approximate surface area is 69.8 Å². The Morgan fingerprint density at radius 2 is 2.25 bits per heavy atom. The van der Waals surface area contributed by atoms with Crippen molar-refractivity contribution in [2.75, 3.05) is 0 Å². The lowest BCUT2D eigenvalue weighted by atomic mass is 10.4. The molecule has 12 heavy (non-hydrogen) atoms. The van der Waals surface area contributed by atoms with E-state index in [0.717, 1.165) is 0 Å². The van der Waals surface area contributed by atoms with Crippen LogP contribution in [-0.4, -0.2) is 15.9 Å². The van der Waals surface area contributed by atoms with Crippen molar-refractivity contribution in [2.24, 2.45) is 5.73 Å². The van der Waals surface area contributed by atoms with Gasteiger partial charge in [0, 0.05) is 18.6 Å². The molecule has 1 amide bonds. The average molecular weight is 163 g/mol. The quantitative estimate of drug-likeness (QED) is 0.637. The summed E-state index contributed by atoms with van der Waals surface area (Å²) in [7, 11) is 0. The first-order valence-corrected chi connectivity index (χ1v) is 3.42. The highest BCUT2D eigenvalue weighted by molar-refractivity contribution is 5.90. The minimum Gasteiger partial charge on any atom is -0.364 e. The second kappa shape index (κ2) is 4.12. The number of nitrogens with zero attached hydrogens (tertiary/aromatic N) is 1. The molecule has 4 nitrogen and oxygen atoms in total. The summed E-state index contributed by atoms with van der Waals surface area (Å²) in [6, 6.07) is 4.98. The number of carbonyl (C=O) groups is 1. The number of H-pyrrole nitrogens is 1. The number of aromatic nitrogens is 2. The average Bonchev–Trinajstić information content (AvgIpc) is 2.15. The molecular formula is C8H9N3O. The van der Waals surface area contributed by atoms with Gasteiger partial charge in [-0.2, -0.15) is 0 Å². The maximum Gasteiger partial charge on any atom is 0.265 e. The Balaban J connectivity index is 3.19. The number of hydrogen-bond acceptors (Lipinski definition) is 2. The van der Waals surface area contributed by atoms with Crippen molar-refractivity contribution in [3.63, 3.8) is 0 Å². The van der Waals surface area contributed by atoms with Gasteiger partial charge in [-0.3, -0.25) is 9.78 Å². The Morgan fingerprint density at radius 1 is 1.42 bits per heavy atom. The van der Waals surface area contributed by atoms with Crippen LogP contribution in [0.4, 0.5) is 0 Å². The molecule has 0 fully saturated rings. The normalized spacial score (nSPS) is 8.67. The van der Waals surface area contributed by atoms with Crippen molar-refractivity contribution in [1.29, 1.82) is 0 Å². The molecule has 0 unspecified atom stereocenters. The fourth-order valence-electron chi connectivity index (χ4n) is 0.672. The molecule has 0 bridgehead atoms. The van der Waals surface area contributed by atoms with Crippen molar-refractivity contribution in [2.45, 2.75) is 0 Å². The van der Waals surface area contributed by atoms with E-state index < -0.39 is 5.91 Å². The van der Waals surface area contributed by atoms with E-state index in [1.165, 1.54) is 6.20 Å². The van der Waals surface area contributed by atoms with E-state index >= 15 is 0 Å². The van der Waals surface area contributed by atoms with E-state index in [4.69, 9.17) is 5.73 Å². The van der Waals surface area contributed by atoms with E-state index in [-0.39, 0.29) is 0 Å². The molecule has 0 saturated heterocycles. The van der Waals surface area contributed by atoms with Crippen LogP contribution in [0.25, 0.3) is 0 Å². The van der Waals surface area contributed by atoms with Gasteiger partial charge in [-0.05, 0) is 12.1 Å². The monoisotopic (exact) mass is 163 g/mol. The summed E-state index contributed by atoms with van der Waals surface area (Å²) in [6.07, 6.45) is 4.69. The number of nitrogens with one attached hydrogen (secondary N) is 1. The SMILES string of the molecule is NC(=O)c1ccccncc[nH]1. The summed E-state index contributed by atoms with van der Waals surface area (Å²) in [5.74, 6) is -0.494. The van der Waals surface area contributed by atoms with E-state index in [9.17, 15) is 4.79 Å². The van der Waals surface area contributed by atoms with Gasteiger partial charge in [0.05, 0.1) is 0 Å². The maximum atomic E-state index is 10.7. The van der Waals surface area contributed by atoms with Gasteiger partial charge in [0.2, 0.25) is 0 Å². The van der Waals surface area contributed by atoms with Gasteiger partial charge < -0.3 is 10.7 Å². The summed E-state index contributed by atoms with van der Waals surface area (Å²) < 4.78 is 0. The largest absolute Gasteiger partial charge is 0.364 e. The Kier molecular flexibility index (Phi) is 2.84. The Bertz CT molecular complexity index is 294. The molecule has 0 aliphatic carbocycles. The summed E-state index contributed by atoms with van der Waals surface area (Å²) in [5, 5.41) is 0. The van der Waals surface area contributed by atoms with Crippen LogP contribution in [0.2, 0.25) is 0 Å². The van der Waals surface area contributed by atoms with Crippen molar-refractivity contribution < 1.29 is 4.79 Å². The van der Waals surface area contributed by atoms with Crippen LogP contribution < -0.4 is 5.73 Å². The molecule has 0 atom stereocenters. The van der Waals surface area contributed by atoms with Gasteiger partial charge in [0.1, 0.15) is 5.69 Å². The van der Waals surface area contributed by atoms with Crippen molar-refractivity contribution >= 4 is 5.91 Å². The molecule has 1 aromatic heterocycles. The van der Waals surface area contributed by atoms with Crippen LogP contribution in [0.15, 0.2) is 36.8 Å².